The number of nitrogens with one attached hydrogen (secondary N) is 1. The van der Waals surface area contributed by atoms with Gasteiger partial charge in [-0.1, -0.05) is 44.7 Å². The van der Waals surface area contributed by atoms with Crippen LogP contribution in [0.1, 0.15) is 46.0 Å². The highest BCUT2D eigenvalue weighted by molar-refractivity contribution is 5.39. The molecule has 0 bridgehead atoms. The summed E-state index contributed by atoms with van der Waals surface area (Å²) < 4.78 is 11.2. The fraction of sp³-hybridized carbons (Fsp3) is 0.647. The fourth-order valence-electron chi connectivity index (χ4n) is 2.13. The number of hydrogen-bond donors (Lipinski definition) is 1. The van der Waals surface area contributed by atoms with Gasteiger partial charge in [0.1, 0.15) is 6.10 Å². The molecule has 3 heteroatoms. The smallest absolute Gasteiger partial charge is 0.161 e. The maximum atomic E-state index is 5.89. The van der Waals surface area contributed by atoms with Crippen molar-refractivity contribution in [3.8, 4) is 11.5 Å². The summed E-state index contributed by atoms with van der Waals surface area (Å²) in [5.74, 6) is 1.60. The lowest BCUT2D eigenvalue weighted by Crippen LogP contribution is -2.29. The van der Waals surface area contributed by atoms with E-state index in [4.69, 9.17) is 9.47 Å². The van der Waals surface area contributed by atoms with Crippen molar-refractivity contribution < 1.29 is 9.47 Å². The van der Waals surface area contributed by atoms with Crippen LogP contribution < -0.4 is 14.8 Å². The van der Waals surface area contributed by atoms with Crippen molar-refractivity contribution in [1.29, 1.82) is 0 Å². The third kappa shape index (κ3) is 6.80. The summed E-state index contributed by atoms with van der Waals surface area (Å²) >= 11 is 0. The maximum Gasteiger partial charge on any atom is 0.161 e. The Hall–Kier alpha value is -1.22. The second kappa shape index (κ2) is 10.6. The molecule has 0 aliphatic carbocycles. The highest BCUT2D eigenvalue weighted by Gasteiger charge is 2.07. The summed E-state index contributed by atoms with van der Waals surface area (Å²) in [6.45, 7) is 6.26. The predicted molar refractivity (Wildman–Crippen MR) is 84.7 cm³/mol. The summed E-state index contributed by atoms with van der Waals surface area (Å²) in [5, 5.41) is 3.45. The van der Waals surface area contributed by atoms with Crippen molar-refractivity contribution in [2.45, 2.75) is 52.1 Å². The van der Waals surface area contributed by atoms with E-state index >= 15 is 0 Å². The van der Waals surface area contributed by atoms with Gasteiger partial charge in [0.15, 0.2) is 11.5 Å². The normalized spacial score (nSPS) is 12.2. The number of unbranched alkanes of at least 4 members (excludes halogenated alkanes) is 4. The minimum absolute atomic E-state index is 0.141. The molecular formula is C17H29NO2. The van der Waals surface area contributed by atoms with Crippen molar-refractivity contribution >= 4 is 0 Å². The standard InChI is InChI=1S/C17H29NO2/c1-4-5-6-7-10-13-18-14-15(2)20-17-12-9-8-11-16(17)19-3/h8-9,11-12,15,18H,4-7,10,13-14H2,1-3H3. The monoisotopic (exact) mass is 279 g/mol. The molecule has 0 saturated heterocycles. The highest BCUT2D eigenvalue weighted by Crippen LogP contribution is 2.26. The number of rotatable bonds is 11. The van der Waals surface area contributed by atoms with Crippen molar-refractivity contribution in [3.05, 3.63) is 24.3 Å². The van der Waals surface area contributed by atoms with Crippen LogP contribution in [-0.4, -0.2) is 26.3 Å². The van der Waals surface area contributed by atoms with Crippen LogP contribution in [0, 0.1) is 0 Å². The molecule has 0 fully saturated rings. The predicted octanol–water partition coefficient (Wildman–Crippen LogP) is 4.02. The molecule has 0 aromatic heterocycles. The summed E-state index contributed by atoms with van der Waals surface area (Å²) in [5.41, 5.74) is 0. The average molecular weight is 279 g/mol. The van der Waals surface area contributed by atoms with Crippen molar-refractivity contribution in [2.75, 3.05) is 20.2 Å². The van der Waals surface area contributed by atoms with E-state index in [-0.39, 0.29) is 6.10 Å². The van der Waals surface area contributed by atoms with E-state index in [9.17, 15) is 0 Å². The Balaban J connectivity index is 2.15. The van der Waals surface area contributed by atoms with Gasteiger partial charge < -0.3 is 14.8 Å². The zero-order chi connectivity index (χ0) is 14.6. The zero-order valence-corrected chi connectivity index (χ0v) is 13.2. The van der Waals surface area contributed by atoms with Crippen LogP contribution in [0.4, 0.5) is 0 Å². The van der Waals surface area contributed by atoms with Crippen LogP contribution in [0.2, 0.25) is 0 Å². The molecule has 114 valence electrons. The van der Waals surface area contributed by atoms with E-state index in [2.05, 4.69) is 19.2 Å². The number of para-hydroxylation sites is 2. The molecule has 1 unspecified atom stereocenters. The van der Waals surface area contributed by atoms with Crippen LogP contribution in [0.25, 0.3) is 0 Å². The van der Waals surface area contributed by atoms with Gasteiger partial charge in [0.2, 0.25) is 0 Å². The van der Waals surface area contributed by atoms with Crippen molar-refractivity contribution in [2.24, 2.45) is 0 Å². The summed E-state index contributed by atoms with van der Waals surface area (Å²) in [6, 6.07) is 7.78. The van der Waals surface area contributed by atoms with Gasteiger partial charge in [-0.15, -0.1) is 0 Å². The average Bonchev–Trinajstić information content (AvgIpc) is 2.47. The molecule has 1 rings (SSSR count). The largest absolute Gasteiger partial charge is 0.493 e. The molecule has 1 atom stereocenters. The molecule has 0 aliphatic heterocycles. The molecule has 3 nitrogen and oxygen atoms in total. The van der Waals surface area contributed by atoms with Crippen LogP contribution in [0.15, 0.2) is 24.3 Å². The van der Waals surface area contributed by atoms with E-state index in [0.29, 0.717) is 0 Å². The Morgan fingerprint density at radius 1 is 1.05 bits per heavy atom. The third-order valence-corrected chi connectivity index (χ3v) is 3.29. The van der Waals surface area contributed by atoms with Crippen LogP contribution in [-0.2, 0) is 0 Å². The first kappa shape index (κ1) is 16.8. The van der Waals surface area contributed by atoms with E-state index in [1.807, 2.05) is 24.3 Å². The Bertz CT molecular complexity index is 355. The number of ether oxygens (including phenoxy) is 2. The minimum Gasteiger partial charge on any atom is -0.493 e. The first-order valence-corrected chi connectivity index (χ1v) is 7.78. The van der Waals surface area contributed by atoms with Gasteiger partial charge in [0.25, 0.3) is 0 Å². The summed E-state index contributed by atoms with van der Waals surface area (Å²) in [4.78, 5) is 0. The second-order valence-corrected chi connectivity index (χ2v) is 5.20. The molecule has 0 heterocycles. The molecule has 0 aliphatic rings. The Kier molecular flexibility index (Phi) is 8.88. The highest BCUT2D eigenvalue weighted by atomic mass is 16.5. The Labute approximate surface area is 123 Å². The summed E-state index contributed by atoms with van der Waals surface area (Å²) in [7, 11) is 1.67. The van der Waals surface area contributed by atoms with Crippen molar-refractivity contribution in [3.63, 3.8) is 0 Å². The first-order valence-electron chi connectivity index (χ1n) is 7.78. The van der Waals surface area contributed by atoms with Gasteiger partial charge in [-0.25, -0.2) is 0 Å². The number of hydrogen-bond acceptors (Lipinski definition) is 3. The van der Waals surface area contributed by atoms with Gasteiger partial charge in [0, 0.05) is 6.54 Å². The Morgan fingerprint density at radius 2 is 1.75 bits per heavy atom. The van der Waals surface area contributed by atoms with E-state index < -0.39 is 0 Å². The molecule has 1 N–H and O–H groups in total. The molecule has 20 heavy (non-hydrogen) atoms. The lowest BCUT2D eigenvalue weighted by molar-refractivity contribution is 0.207. The van der Waals surface area contributed by atoms with Crippen LogP contribution in [0.3, 0.4) is 0 Å². The maximum absolute atomic E-state index is 5.89. The van der Waals surface area contributed by atoms with Gasteiger partial charge in [-0.05, 0) is 32.0 Å². The molecule has 0 saturated carbocycles. The van der Waals surface area contributed by atoms with E-state index in [0.717, 1.165) is 24.6 Å². The number of methoxy groups -OCH3 is 1. The van der Waals surface area contributed by atoms with Crippen molar-refractivity contribution in [1.82, 2.24) is 5.32 Å². The molecular weight excluding hydrogens is 250 g/mol. The lowest BCUT2D eigenvalue weighted by atomic mass is 10.1. The molecule has 0 spiro atoms. The fourth-order valence-corrected chi connectivity index (χ4v) is 2.13. The minimum atomic E-state index is 0.141. The SMILES string of the molecule is CCCCCCCNCC(C)Oc1ccccc1OC. The summed E-state index contributed by atoms with van der Waals surface area (Å²) in [6.07, 6.45) is 6.72. The topological polar surface area (TPSA) is 30.5 Å². The van der Waals surface area contributed by atoms with E-state index in [1.165, 1.54) is 32.1 Å². The van der Waals surface area contributed by atoms with Gasteiger partial charge in [-0.3, -0.25) is 0 Å². The van der Waals surface area contributed by atoms with Gasteiger partial charge in [0.05, 0.1) is 7.11 Å². The molecule has 1 aromatic carbocycles. The van der Waals surface area contributed by atoms with E-state index in [1.54, 1.807) is 7.11 Å². The molecule has 0 radical (unpaired) electrons. The van der Waals surface area contributed by atoms with Gasteiger partial charge in [-0.2, -0.15) is 0 Å². The quantitative estimate of drug-likeness (QED) is 0.621. The molecule has 0 amide bonds. The molecule has 1 aromatic rings. The first-order chi connectivity index (χ1) is 9.77. The second-order valence-electron chi connectivity index (χ2n) is 5.20. The van der Waals surface area contributed by atoms with Gasteiger partial charge >= 0.3 is 0 Å². The number of benzene rings is 1. The zero-order valence-electron chi connectivity index (χ0n) is 13.2. The van der Waals surface area contributed by atoms with Crippen LogP contribution in [0.5, 0.6) is 11.5 Å². The lowest BCUT2D eigenvalue weighted by Gasteiger charge is -2.17. The Morgan fingerprint density at radius 3 is 2.45 bits per heavy atom. The van der Waals surface area contributed by atoms with Crippen LogP contribution >= 0.6 is 0 Å². The third-order valence-electron chi connectivity index (χ3n) is 3.29.